The first-order valence-corrected chi connectivity index (χ1v) is 10.1. The fraction of sp³-hybridized carbons (Fsp3) is 0.0769. The average molecular weight is 388 g/mol. The van der Waals surface area contributed by atoms with Gasteiger partial charge in [0, 0.05) is 28.5 Å². The summed E-state index contributed by atoms with van der Waals surface area (Å²) in [5, 5.41) is 2.09. The molecule has 4 nitrogen and oxygen atoms in total. The molecule has 1 atom stereocenters. The Balaban J connectivity index is 1.55. The Kier molecular flexibility index (Phi) is 3.71. The zero-order valence-electron chi connectivity index (χ0n) is 16.3. The van der Waals surface area contributed by atoms with Crippen LogP contribution < -0.4 is 10.7 Å². The number of benzene rings is 1. The molecule has 1 aromatic carbocycles. The lowest BCUT2D eigenvalue weighted by Crippen LogP contribution is -2.23. The Morgan fingerprint density at radius 1 is 0.733 bits per heavy atom. The summed E-state index contributed by atoms with van der Waals surface area (Å²) < 4.78 is 0. The number of rotatable bonds is 1. The fourth-order valence-electron chi connectivity index (χ4n) is 4.26. The van der Waals surface area contributed by atoms with Gasteiger partial charge in [0.1, 0.15) is 5.54 Å². The van der Waals surface area contributed by atoms with E-state index in [1.165, 1.54) is 5.56 Å². The molecule has 4 heteroatoms. The van der Waals surface area contributed by atoms with Crippen LogP contribution in [0.4, 0.5) is 0 Å². The first-order valence-electron chi connectivity index (χ1n) is 10.1. The SMILES string of the molecule is C1=CC2=NC1=CC1=NC(c3ccccc3)(C=C1)Cc1ccc([nH]1)C=c1ccc([nH]1)=C2. The van der Waals surface area contributed by atoms with Crippen LogP contribution >= 0.6 is 0 Å². The molecular formula is C26H20N4. The smallest absolute Gasteiger partial charge is 0.110 e. The van der Waals surface area contributed by atoms with Crippen molar-refractivity contribution in [2.45, 2.75) is 12.0 Å². The van der Waals surface area contributed by atoms with Crippen LogP contribution in [0.2, 0.25) is 0 Å². The van der Waals surface area contributed by atoms with Crippen LogP contribution in [0.15, 0.2) is 101 Å². The van der Waals surface area contributed by atoms with Gasteiger partial charge < -0.3 is 9.97 Å². The zero-order chi connectivity index (χ0) is 20.0. The normalized spacial score (nSPS) is 21.5. The van der Waals surface area contributed by atoms with Crippen LogP contribution in [-0.2, 0) is 12.0 Å². The van der Waals surface area contributed by atoms with Crippen LogP contribution in [0, 0.1) is 0 Å². The van der Waals surface area contributed by atoms with E-state index in [0.717, 1.165) is 45.6 Å². The molecule has 0 saturated carbocycles. The highest BCUT2D eigenvalue weighted by molar-refractivity contribution is 6.19. The summed E-state index contributed by atoms with van der Waals surface area (Å²) in [6.45, 7) is 0. The summed E-state index contributed by atoms with van der Waals surface area (Å²) in [6, 6.07) is 18.9. The number of aromatic nitrogens is 2. The van der Waals surface area contributed by atoms with E-state index >= 15 is 0 Å². The molecule has 6 rings (SSSR count). The largest absolute Gasteiger partial charge is 0.359 e. The van der Waals surface area contributed by atoms with Crippen molar-refractivity contribution in [2.24, 2.45) is 9.98 Å². The molecule has 8 bridgehead atoms. The highest BCUT2D eigenvalue weighted by Crippen LogP contribution is 2.35. The molecule has 30 heavy (non-hydrogen) atoms. The lowest BCUT2D eigenvalue weighted by molar-refractivity contribution is 0.564. The lowest BCUT2D eigenvalue weighted by atomic mass is 9.86. The van der Waals surface area contributed by atoms with Crippen molar-refractivity contribution in [2.75, 3.05) is 0 Å². The molecule has 0 saturated heterocycles. The zero-order valence-corrected chi connectivity index (χ0v) is 16.3. The van der Waals surface area contributed by atoms with Gasteiger partial charge in [-0.3, -0.25) is 4.99 Å². The van der Waals surface area contributed by atoms with Gasteiger partial charge in [-0.15, -0.1) is 0 Å². The number of allylic oxidation sites excluding steroid dienone is 4. The molecule has 2 aromatic heterocycles. The average Bonchev–Trinajstić information content (AvgIpc) is 3.54. The van der Waals surface area contributed by atoms with E-state index < -0.39 is 5.54 Å². The van der Waals surface area contributed by atoms with E-state index in [9.17, 15) is 0 Å². The molecule has 3 aliphatic rings. The maximum atomic E-state index is 5.16. The third-order valence-corrected chi connectivity index (χ3v) is 5.69. The molecule has 2 N–H and O–H groups in total. The first-order chi connectivity index (χ1) is 14.7. The minimum absolute atomic E-state index is 0.423. The fourth-order valence-corrected chi connectivity index (χ4v) is 4.26. The van der Waals surface area contributed by atoms with Gasteiger partial charge in [-0.2, -0.15) is 0 Å². The summed E-state index contributed by atoms with van der Waals surface area (Å²) in [5.41, 5.74) is 5.77. The number of nitrogens with zero attached hydrogens (tertiary/aromatic N) is 2. The second-order valence-electron chi connectivity index (χ2n) is 7.87. The van der Waals surface area contributed by atoms with Gasteiger partial charge in [-0.05, 0) is 66.3 Å². The third kappa shape index (κ3) is 3.03. The lowest BCUT2D eigenvalue weighted by Gasteiger charge is -2.24. The molecular weight excluding hydrogens is 368 g/mol. The molecule has 0 fully saturated rings. The summed E-state index contributed by atoms with van der Waals surface area (Å²) in [7, 11) is 0. The number of hydrogen-bond acceptors (Lipinski definition) is 2. The molecule has 0 spiro atoms. The summed E-state index contributed by atoms with van der Waals surface area (Å²) >= 11 is 0. The van der Waals surface area contributed by atoms with Crippen molar-refractivity contribution < 1.29 is 0 Å². The maximum absolute atomic E-state index is 5.16. The highest BCUT2D eigenvalue weighted by atomic mass is 14.9. The second-order valence-corrected chi connectivity index (χ2v) is 7.87. The summed E-state index contributed by atoms with van der Waals surface area (Å²) in [6.07, 6.45) is 15.4. The van der Waals surface area contributed by atoms with Gasteiger partial charge >= 0.3 is 0 Å². The van der Waals surface area contributed by atoms with E-state index in [0.29, 0.717) is 0 Å². The Hall–Kier alpha value is -3.92. The molecule has 1 unspecified atom stereocenters. The highest BCUT2D eigenvalue weighted by Gasteiger charge is 2.33. The molecule has 0 radical (unpaired) electrons. The molecule has 3 aliphatic heterocycles. The first kappa shape index (κ1) is 17.0. The van der Waals surface area contributed by atoms with Crippen LogP contribution in [0.1, 0.15) is 17.0 Å². The molecule has 3 aromatic rings. The van der Waals surface area contributed by atoms with Crippen LogP contribution in [0.5, 0.6) is 0 Å². The molecule has 144 valence electrons. The summed E-state index contributed by atoms with van der Waals surface area (Å²) in [5.74, 6) is 0. The number of H-pyrrole nitrogens is 2. The van der Waals surface area contributed by atoms with E-state index in [4.69, 9.17) is 9.98 Å². The van der Waals surface area contributed by atoms with Crippen LogP contribution in [-0.4, -0.2) is 21.4 Å². The standard InChI is InChI=1S/C26H20N4/c1-2-4-18(5-3-1)26-13-12-24(30-26)16-23-9-8-20(28-23)14-19-6-7-21(27-19)15-22-10-11-25(17-26)29-22/h1-16,27,29H,17H2. The second kappa shape index (κ2) is 6.56. The minimum Gasteiger partial charge on any atom is -0.359 e. The van der Waals surface area contributed by atoms with Gasteiger partial charge in [0.25, 0.3) is 0 Å². The van der Waals surface area contributed by atoms with Crippen LogP contribution in [0.25, 0.3) is 12.2 Å². The van der Waals surface area contributed by atoms with Crippen molar-refractivity contribution in [3.05, 3.63) is 118 Å². The monoisotopic (exact) mass is 388 g/mol. The summed E-state index contributed by atoms with van der Waals surface area (Å²) in [4.78, 5) is 16.9. The predicted molar refractivity (Wildman–Crippen MR) is 122 cm³/mol. The number of nitrogens with one attached hydrogen (secondary N) is 2. The van der Waals surface area contributed by atoms with E-state index in [2.05, 4.69) is 88.9 Å². The van der Waals surface area contributed by atoms with E-state index in [1.54, 1.807) is 0 Å². The van der Waals surface area contributed by atoms with E-state index in [-0.39, 0.29) is 0 Å². The molecule has 5 heterocycles. The Morgan fingerprint density at radius 3 is 2.50 bits per heavy atom. The Labute approximate surface area is 174 Å². The number of aliphatic imine (C=N–C) groups is 2. The number of fused-ring (bicyclic) bond motifs is 6. The van der Waals surface area contributed by atoms with Gasteiger partial charge in [-0.1, -0.05) is 36.4 Å². The van der Waals surface area contributed by atoms with Crippen molar-refractivity contribution in [1.29, 1.82) is 0 Å². The van der Waals surface area contributed by atoms with Crippen molar-refractivity contribution in [3.8, 4) is 0 Å². The Morgan fingerprint density at radius 2 is 1.60 bits per heavy atom. The van der Waals surface area contributed by atoms with E-state index in [1.807, 2.05) is 18.2 Å². The molecule has 0 aliphatic carbocycles. The Bertz CT molecular complexity index is 1410. The number of aromatic amines is 2. The topological polar surface area (TPSA) is 56.3 Å². The maximum Gasteiger partial charge on any atom is 0.110 e. The van der Waals surface area contributed by atoms with Crippen molar-refractivity contribution in [3.63, 3.8) is 0 Å². The number of hydrogen-bond donors (Lipinski definition) is 2. The van der Waals surface area contributed by atoms with Gasteiger partial charge in [0.15, 0.2) is 0 Å². The van der Waals surface area contributed by atoms with Crippen LogP contribution in [0.3, 0.4) is 0 Å². The van der Waals surface area contributed by atoms with Gasteiger partial charge in [-0.25, -0.2) is 4.99 Å². The molecule has 0 amide bonds. The predicted octanol–water partition coefficient (Wildman–Crippen LogP) is 3.31. The van der Waals surface area contributed by atoms with Crippen molar-refractivity contribution >= 4 is 23.6 Å². The minimum atomic E-state index is -0.423. The van der Waals surface area contributed by atoms with Gasteiger partial charge in [0.05, 0.1) is 17.1 Å². The van der Waals surface area contributed by atoms with Crippen molar-refractivity contribution in [1.82, 2.24) is 9.97 Å². The van der Waals surface area contributed by atoms with Gasteiger partial charge in [0.2, 0.25) is 0 Å². The quantitative estimate of drug-likeness (QED) is 0.643. The third-order valence-electron chi connectivity index (χ3n) is 5.69.